The highest BCUT2D eigenvalue weighted by molar-refractivity contribution is 5.83. The normalized spacial score (nSPS) is 18.1. The van der Waals surface area contributed by atoms with Gasteiger partial charge in [0.15, 0.2) is 0 Å². The Hall–Kier alpha value is -1.55. The average Bonchev–Trinajstić information content (AvgIpc) is 2.29. The Kier molecular flexibility index (Phi) is 3.10. The van der Waals surface area contributed by atoms with Crippen molar-refractivity contribution in [3.05, 3.63) is 29.8 Å². The molecular weight excluding hydrogens is 202 g/mol. The summed E-state index contributed by atoms with van der Waals surface area (Å²) in [5.74, 6) is 0.0747. The van der Waals surface area contributed by atoms with Crippen molar-refractivity contribution in [2.45, 2.75) is 13.0 Å². The standard InChI is InChI=1S/C12H17N3O/c1-9(13)10-4-2-3-5-11(10)15-7-6-14-12(16)8-15/h2-5,9H,6-8,13H2,1H3,(H,14,16)/t9-/m0/s1. The molecule has 1 aliphatic rings. The highest BCUT2D eigenvalue weighted by Crippen LogP contribution is 2.25. The van der Waals surface area contributed by atoms with Crippen LogP contribution in [0.1, 0.15) is 18.5 Å². The van der Waals surface area contributed by atoms with Gasteiger partial charge in [0.2, 0.25) is 5.91 Å². The SMILES string of the molecule is C[C@H](N)c1ccccc1N1CCNC(=O)C1. The van der Waals surface area contributed by atoms with Gasteiger partial charge in [0.05, 0.1) is 6.54 Å². The summed E-state index contributed by atoms with van der Waals surface area (Å²) in [5.41, 5.74) is 8.10. The number of piperazine rings is 1. The van der Waals surface area contributed by atoms with Crippen LogP contribution in [-0.4, -0.2) is 25.5 Å². The predicted molar refractivity (Wildman–Crippen MR) is 64.3 cm³/mol. The number of hydrogen-bond donors (Lipinski definition) is 2. The van der Waals surface area contributed by atoms with E-state index in [1.54, 1.807) is 0 Å². The van der Waals surface area contributed by atoms with E-state index in [0.717, 1.165) is 17.8 Å². The van der Waals surface area contributed by atoms with Crippen LogP contribution in [0.15, 0.2) is 24.3 Å². The van der Waals surface area contributed by atoms with Gasteiger partial charge in [-0.3, -0.25) is 4.79 Å². The molecular formula is C12H17N3O. The number of anilines is 1. The molecule has 2 rings (SSSR count). The van der Waals surface area contributed by atoms with E-state index in [4.69, 9.17) is 5.73 Å². The largest absolute Gasteiger partial charge is 0.360 e. The number of amides is 1. The first-order chi connectivity index (χ1) is 7.68. The van der Waals surface area contributed by atoms with Gasteiger partial charge in [0.25, 0.3) is 0 Å². The maximum absolute atomic E-state index is 11.3. The van der Waals surface area contributed by atoms with Gasteiger partial charge >= 0.3 is 0 Å². The van der Waals surface area contributed by atoms with Crippen LogP contribution in [0.4, 0.5) is 5.69 Å². The summed E-state index contributed by atoms with van der Waals surface area (Å²) in [7, 11) is 0. The number of para-hydroxylation sites is 1. The minimum Gasteiger partial charge on any atom is -0.360 e. The zero-order chi connectivity index (χ0) is 11.5. The first kappa shape index (κ1) is 11.0. The Labute approximate surface area is 95.4 Å². The first-order valence-electron chi connectivity index (χ1n) is 5.54. The molecule has 1 aromatic rings. The zero-order valence-electron chi connectivity index (χ0n) is 9.44. The minimum absolute atomic E-state index is 0.0128. The van der Waals surface area contributed by atoms with Crippen molar-refractivity contribution in [3.63, 3.8) is 0 Å². The molecule has 1 saturated heterocycles. The quantitative estimate of drug-likeness (QED) is 0.767. The van der Waals surface area contributed by atoms with E-state index in [-0.39, 0.29) is 11.9 Å². The lowest BCUT2D eigenvalue weighted by Crippen LogP contribution is -2.48. The van der Waals surface area contributed by atoms with E-state index in [1.807, 2.05) is 31.2 Å². The number of benzene rings is 1. The molecule has 0 aromatic heterocycles. The van der Waals surface area contributed by atoms with Crippen molar-refractivity contribution >= 4 is 11.6 Å². The highest BCUT2D eigenvalue weighted by atomic mass is 16.2. The van der Waals surface area contributed by atoms with Crippen LogP contribution in [0.5, 0.6) is 0 Å². The summed E-state index contributed by atoms with van der Waals surface area (Å²) in [6.07, 6.45) is 0. The molecule has 0 bridgehead atoms. The number of carbonyl (C=O) groups excluding carboxylic acids is 1. The van der Waals surface area contributed by atoms with Gasteiger partial charge in [-0.2, -0.15) is 0 Å². The molecule has 0 aliphatic carbocycles. The van der Waals surface area contributed by atoms with Gasteiger partial charge in [-0.15, -0.1) is 0 Å². The monoisotopic (exact) mass is 219 g/mol. The van der Waals surface area contributed by atoms with Crippen LogP contribution in [0.25, 0.3) is 0 Å². The van der Waals surface area contributed by atoms with Crippen molar-refractivity contribution in [1.82, 2.24) is 5.32 Å². The molecule has 0 radical (unpaired) electrons. The molecule has 0 spiro atoms. The number of nitrogens with two attached hydrogens (primary N) is 1. The second kappa shape index (κ2) is 4.53. The van der Waals surface area contributed by atoms with Gasteiger partial charge in [-0.1, -0.05) is 18.2 Å². The Morgan fingerprint density at radius 2 is 2.19 bits per heavy atom. The summed E-state index contributed by atoms with van der Waals surface area (Å²) < 4.78 is 0. The number of nitrogens with zero attached hydrogens (tertiary/aromatic N) is 1. The maximum atomic E-state index is 11.3. The topological polar surface area (TPSA) is 58.4 Å². The lowest BCUT2D eigenvalue weighted by atomic mass is 10.1. The van der Waals surface area contributed by atoms with Crippen LogP contribution in [-0.2, 0) is 4.79 Å². The molecule has 3 N–H and O–H groups in total. The fourth-order valence-electron chi connectivity index (χ4n) is 2.00. The van der Waals surface area contributed by atoms with Gasteiger partial charge in [0, 0.05) is 24.8 Å². The van der Waals surface area contributed by atoms with E-state index >= 15 is 0 Å². The van der Waals surface area contributed by atoms with E-state index in [9.17, 15) is 4.79 Å². The predicted octanol–water partition coefficient (Wildman–Crippen LogP) is 0.642. The first-order valence-corrected chi connectivity index (χ1v) is 5.54. The number of hydrogen-bond acceptors (Lipinski definition) is 3. The number of rotatable bonds is 2. The molecule has 1 fully saturated rings. The third kappa shape index (κ3) is 2.17. The van der Waals surface area contributed by atoms with Crippen LogP contribution in [0.3, 0.4) is 0 Å². The molecule has 86 valence electrons. The molecule has 1 aromatic carbocycles. The van der Waals surface area contributed by atoms with Crippen LogP contribution in [0.2, 0.25) is 0 Å². The molecule has 0 saturated carbocycles. The fourth-order valence-corrected chi connectivity index (χ4v) is 2.00. The third-order valence-electron chi connectivity index (χ3n) is 2.81. The van der Waals surface area contributed by atoms with Crippen molar-refractivity contribution < 1.29 is 4.79 Å². The third-order valence-corrected chi connectivity index (χ3v) is 2.81. The second-order valence-corrected chi connectivity index (χ2v) is 4.12. The van der Waals surface area contributed by atoms with Crippen LogP contribution >= 0.6 is 0 Å². The van der Waals surface area contributed by atoms with Crippen molar-refractivity contribution in [3.8, 4) is 0 Å². The zero-order valence-corrected chi connectivity index (χ0v) is 9.44. The van der Waals surface area contributed by atoms with Crippen molar-refractivity contribution in [2.24, 2.45) is 5.73 Å². The lowest BCUT2D eigenvalue weighted by Gasteiger charge is -2.31. The van der Waals surface area contributed by atoms with Gasteiger partial charge in [0.1, 0.15) is 0 Å². The Balaban J connectivity index is 2.28. The number of nitrogens with one attached hydrogen (secondary N) is 1. The van der Waals surface area contributed by atoms with Crippen LogP contribution in [0, 0.1) is 0 Å². The summed E-state index contributed by atoms with van der Waals surface area (Å²) in [6, 6.07) is 7.99. The summed E-state index contributed by atoms with van der Waals surface area (Å²) >= 11 is 0. The average molecular weight is 219 g/mol. The van der Waals surface area contributed by atoms with Gasteiger partial charge in [-0.05, 0) is 18.6 Å². The fraction of sp³-hybridized carbons (Fsp3) is 0.417. The van der Waals surface area contributed by atoms with Gasteiger partial charge in [-0.25, -0.2) is 0 Å². The minimum atomic E-state index is -0.0128. The molecule has 0 unspecified atom stereocenters. The summed E-state index contributed by atoms with van der Waals surface area (Å²) in [4.78, 5) is 13.4. The highest BCUT2D eigenvalue weighted by Gasteiger charge is 2.19. The van der Waals surface area contributed by atoms with E-state index in [1.165, 1.54) is 0 Å². The smallest absolute Gasteiger partial charge is 0.239 e. The van der Waals surface area contributed by atoms with E-state index in [2.05, 4.69) is 10.2 Å². The maximum Gasteiger partial charge on any atom is 0.239 e. The van der Waals surface area contributed by atoms with Gasteiger partial charge < -0.3 is 16.0 Å². The van der Waals surface area contributed by atoms with Crippen molar-refractivity contribution in [2.75, 3.05) is 24.5 Å². The Morgan fingerprint density at radius 3 is 2.88 bits per heavy atom. The summed E-state index contributed by atoms with van der Waals surface area (Å²) in [6.45, 7) is 3.92. The Morgan fingerprint density at radius 1 is 1.44 bits per heavy atom. The molecule has 1 atom stereocenters. The molecule has 1 heterocycles. The molecule has 1 amide bonds. The molecule has 16 heavy (non-hydrogen) atoms. The lowest BCUT2D eigenvalue weighted by molar-refractivity contribution is -0.120. The summed E-state index contributed by atoms with van der Waals surface area (Å²) in [5, 5.41) is 2.82. The van der Waals surface area contributed by atoms with E-state index < -0.39 is 0 Å². The molecule has 1 aliphatic heterocycles. The number of carbonyl (C=O) groups is 1. The van der Waals surface area contributed by atoms with Crippen LogP contribution < -0.4 is 16.0 Å². The Bertz CT molecular complexity index is 390. The molecule has 4 nitrogen and oxygen atoms in total. The molecule has 4 heteroatoms. The van der Waals surface area contributed by atoms with E-state index in [0.29, 0.717) is 13.1 Å². The second-order valence-electron chi connectivity index (χ2n) is 4.12. The van der Waals surface area contributed by atoms with Crippen molar-refractivity contribution in [1.29, 1.82) is 0 Å².